The third-order valence-corrected chi connectivity index (χ3v) is 4.65. The largest absolute Gasteiger partial charge is 0.396 e. The average Bonchev–Trinajstić information content (AvgIpc) is 2.54. The summed E-state index contributed by atoms with van der Waals surface area (Å²) in [6, 6.07) is 7.40. The topological polar surface area (TPSA) is 78.4 Å². The second-order valence-electron chi connectivity index (χ2n) is 7.56. The molecule has 1 aromatic rings. The molecule has 1 saturated carbocycles. The van der Waals surface area contributed by atoms with E-state index >= 15 is 0 Å². The highest BCUT2D eigenvalue weighted by molar-refractivity contribution is 6.39. The van der Waals surface area contributed by atoms with Crippen LogP contribution in [-0.4, -0.2) is 29.6 Å². The summed E-state index contributed by atoms with van der Waals surface area (Å²) < 4.78 is 0. The second kappa shape index (κ2) is 7.79. The lowest BCUT2D eigenvalue weighted by molar-refractivity contribution is -0.137. The number of hydrogen-bond acceptors (Lipinski definition) is 3. The molecule has 0 radical (unpaired) electrons. The van der Waals surface area contributed by atoms with Crippen molar-refractivity contribution in [1.82, 2.24) is 5.32 Å². The summed E-state index contributed by atoms with van der Waals surface area (Å²) in [5.74, 6) is -1.25. The van der Waals surface area contributed by atoms with Crippen LogP contribution >= 0.6 is 0 Å². The SMILES string of the molecule is CC(C)(C)c1ccccc1NC(=O)C(=O)NC1CCCCC1CO. The highest BCUT2D eigenvalue weighted by atomic mass is 16.3. The van der Waals surface area contributed by atoms with Gasteiger partial charge in [-0.2, -0.15) is 0 Å². The fraction of sp³-hybridized carbons (Fsp3) is 0.579. The lowest BCUT2D eigenvalue weighted by atomic mass is 9.85. The van der Waals surface area contributed by atoms with E-state index in [-0.39, 0.29) is 24.0 Å². The molecule has 0 heterocycles. The summed E-state index contributed by atoms with van der Waals surface area (Å²) in [6.07, 6.45) is 3.76. The number of carbonyl (C=O) groups is 2. The summed E-state index contributed by atoms with van der Waals surface area (Å²) in [6.45, 7) is 6.23. The first-order valence-corrected chi connectivity index (χ1v) is 8.65. The standard InChI is InChI=1S/C19H28N2O3/c1-19(2,3)14-9-5-7-11-16(14)21-18(24)17(23)20-15-10-6-4-8-13(15)12-22/h5,7,9,11,13,15,22H,4,6,8,10,12H2,1-3H3,(H,20,23)(H,21,24). The van der Waals surface area contributed by atoms with Gasteiger partial charge in [0.15, 0.2) is 0 Å². The molecule has 1 aliphatic carbocycles. The molecule has 5 nitrogen and oxygen atoms in total. The summed E-state index contributed by atoms with van der Waals surface area (Å²) in [4.78, 5) is 24.5. The van der Waals surface area contributed by atoms with Crippen LogP contribution in [0.4, 0.5) is 5.69 Å². The zero-order chi connectivity index (χ0) is 17.7. The molecule has 24 heavy (non-hydrogen) atoms. The Hall–Kier alpha value is -1.88. The molecule has 2 rings (SSSR count). The Balaban J connectivity index is 2.03. The molecular formula is C19H28N2O3. The first-order chi connectivity index (χ1) is 11.3. The number of aliphatic hydroxyl groups is 1. The fourth-order valence-corrected chi connectivity index (χ4v) is 3.28. The maximum absolute atomic E-state index is 12.3. The van der Waals surface area contributed by atoms with Crippen molar-refractivity contribution in [3.05, 3.63) is 29.8 Å². The van der Waals surface area contributed by atoms with Crippen molar-refractivity contribution >= 4 is 17.5 Å². The van der Waals surface area contributed by atoms with E-state index in [1.54, 1.807) is 0 Å². The number of amides is 2. The minimum atomic E-state index is -0.658. The highest BCUT2D eigenvalue weighted by Crippen LogP contribution is 2.29. The van der Waals surface area contributed by atoms with E-state index in [9.17, 15) is 14.7 Å². The van der Waals surface area contributed by atoms with Crippen LogP contribution in [0.25, 0.3) is 0 Å². The number of aliphatic hydroxyl groups excluding tert-OH is 1. The fourth-order valence-electron chi connectivity index (χ4n) is 3.28. The number of anilines is 1. The molecule has 0 aromatic heterocycles. The van der Waals surface area contributed by atoms with E-state index in [1.807, 2.05) is 24.3 Å². The van der Waals surface area contributed by atoms with E-state index in [0.717, 1.165) is 31.2 Å². The molecule has 0 spiro atoms. The molecule has 3 N–H and O–H groups in total. The van der Waals surface area contributed by atoms with Crippen molar-refractivity contribution in [2.75, 3.05) is 11.9 Å². The van der Waals surface area contributed by atoms with Crippen LogP contribution in [-0.2, 0) is 15.0 Å². The van der Waals surface area contributed by atoms with Gasteiger partial charge in [0.2, 0.25) is 0 Å². The van der Waals surface area contributed by atoms with Gasteiger partial charge in [-0.3, -0.25) is 9.59 Å². The van der Waals surface area contributed by atoms with Gasteiger partial charge >= 0.3 is 11.8 Å². The van der Waals surface area contributed by atoms with Crippen molar-refractivity contribution in [2.45, 2.75) is 57.9 Å². The maximum atomic E-state index is 12.3. The van der Waals surface area contributed by atoms with Crippen LogP contribution in [0, 0.1) is 5.92 Å². The number of benzene rings is 1. The quantitative estimate of drug-likeness (QED) is 0.745. The molecule has 132 valence electrons. The van der Waals surface area contributed by atoms with Crippen LogP contribution in [0.2, 0.25) is 0 Å². The van der Waals surface area contributed by atoms with Crippen LogP contribution in [0.15, 0.2) is 24.3 Å². The maximum Gasteiger partial charge on any atom is 0.313 e. The van der Waals surface area contributed by atoms with Gasteiger partial charge in [0, 0.05) is 24.3 Å². The number of hydrogen-bond donors (Lipinski definition) is 3. The lowest BCUT2D eigenvalue weighted by Crippen LogP contribution is -2.47. The second-order valence-corrected chi connectivity index (χ2v) is 7.56. The first kappa shape index (κ1) is 18.5. The van der Waals surface area contributed by atoms with E-state index in [0.29, 0.717) is 5.69 Å². The highest BCUT2D eigenvalue weighted by Gasteiger charge is 2.28. The zero-order valence-corrected chi connectivity index (χ0v) is 14.8. The van der Waals surface area contributed by atoms with Gasteiger partial charge < -0.3 is 15.7 Å². The Labute approximate surface area is 143 Å². The molecule has 0 bridgehead atoms. The van der Waals surface area contributed by atoms with Crippen molar-refractivity contribution in [3.63, 3.8) is 0 Å². The number of para-hydroxylation sites is 1. The molecule has 1 fully saturated rings. The van der Waals surface area contributed by atoms with E-state index in [2.05, 4.69) is 31.4 Å². The van der Waals surface area contributed by atoms with Gasteiger partial charge in [-0.15, -0.1) is 0 Å². The first-order valence-electron chi connectivity index (χ1n) is 8.65. The van der Waals surface area contributed by atoms with E-state index in [1.165, 1.54) is 0 Å². The molecule has 0 saturated heterocycles. The minimum absolute atomic E-state index is 0.0392. The summed E-state index contributed by atoms with van der Waals surface area (Å²) in [7, 11) is 0. The van der Waals surface area contributed by atoms with Crippen molar-refractivity contribution < 1.29 is 14.7 Å². The molecule has 5 heteroatoms. The van der Waals surface area contributed by atoms with Gasteiger partial charge in [-0.05, 0) is 29.9 Å². The van der Waals surface area contributed by atoms with E-state index < -0.39 is 11.8 Å². The molecule has 2 unspecified atom stereocenters. The molecule has 2 atom stereocenters. The van der Waals surface area contributed by atoms with Gasteiger partial charge in [-0.1, -0.05) is 51.8 Å². The Morgan fingerprint density at radius 2 is 1.79 bits per heavy atom. The van der Waals surface area contributed by atoms with Gasteiger partial charge in [-0.25, -0.2) is 0 Å². The molecule has 2 amide bonds. The van der Waals surface area contributed by atoms with Crippen LogP contribution in [0.5, 0.6) is 0 Å². The van der Waals surface area contributed by atoms with Crippen molar-refractivity contribution in [1.29, 1.82) is 0 Å². The van der Waals surface area contributed by atoms with Crippen molar-refractivity contribution in [3.8, 4) is 0 Å². The molecule has 1 aromatic carbocycles. The Kier molecular flexibility index (Phi) is 5.99. The van der Waals surface area contributed by atoms with Gasteiger partial charge in [0.25, 0.3) is 0 Å². The Morgan fingerprint density at radius 3 is 2.46 bits per heavy atom. The van der Waals surface area contributed by atoms with Crippen LogP contribution in [0.3, 0.4) is 0 Å². The Morgan fingerprint density at radius 1 is 1.12 bits per heavy atom. The van der Waals surface area contributed by atoms with Gasteiger partial charge in [0.1, 0.15) is 0 Å². The zero-order valence-electron chi connectivity index (χ0n) is 14.8. The Bertz CT molecular complexity index is 593. The summed E-state index contributed by atoms with van der Waals surface area (Å²) >= 11 is 0. The average molecular weight is 332 g/mol. The van der Waals surface area contributed by atoms with Gasteiger partial charge in [0.05, 0.1) is 0 Å². The van der Waals surface area contributed by atoms with E-state index in [4.69, 9.17) is 0 Å². The number of rotatable bonds is 3. The predicted molar refractivity (Wildman–Crippen MR) is 94.7 cm³/mol. The monoisotopic (exact) mass is 332 g/mol. The molecule has 0 aliphatic heterocycles. The molecule has 1 aliphatic rings. The normalized spacial score (nSPS) is 21.2. The number of nitrogens with one attached hydrogen (secondary N) is 2. The predicted octanol–water partition coefficient (Wildman–Crippen LogP) is 2.59. The third kappa shape index (κ3) is 4.57. The number of carbonyl (C=O) groups excluding carboxylic acids is 2. The van der Waals surface area contributed by atoms with Crippen LogP contribution < -0.4 is 10.6 Å². The third-order valence-electron chi connectivity index (χ3n) is 4.65. The minimum Gasteiger partial charge on any atom is -0.396 e. The van der Waals surface area contributed by atoms with Crippen LogP contribution in [0.1, 0.15) is 52.0 Å². The summed E-state index contributed by atoms with van der Waals surface area (Å²) in [5.41, 5.74) is 1.51. The smallest absolute Gasteiger partial charge is 0.313 e. The molecular weight excluding hydrogens is 304 g/mol. The van der Waals surface area contributed by atoms with Crippen molar-refractivity contribution in [2.24, 2.45) is 5.92 Å². The lowest BCUT2D eigenvalue weighted by Gasteiger charge is -2.30. The summed E-state index contributed by atoms with van der Waals surface area (Å²) in [5, 5.41) is 14.9.